The van der Waals surface area contributed by atoms with E-state index in [0.717, 1.165) is 47.9 Å². The molecule has 4 nitrogen and oxygen atoms in total. The van der Waals surface area contributed by atoms with Crippen LogP contribution in [0.2, 0.25) is 0 Å². The molecule has 1 saturated heterocycles. The fourth-order valence-electron chi connectivity index (χ4n) is 4.04. The molecule has 1 saturated carbocycles. The van der Waals surface area contributed by atoms with E-state index in [1.807, 2.05) is 37.4 Å². The van der Waals surface area contributed by atoms with Crippen LogP contribution in [0.15, 0.2) is 48.7 Å². The van der Waals surface area contributed by atoms with Gasteiger partial charge in [0.05, 0.1) is 17.0 Å². The number of hydrogen-bond donors (Lipinski definition) is 1. The smallest absolute Gasteiger partial charge is 0.230 e. The molecule has 2 aromatic rings. The summed E-state index contributed by atoms with van der Waals surface area (Å²) in [5.74, 6) is 0.461. The monoisotopic (exact) mass is 336 g/mol. The van der Waals surface area contributed by atoms with Crippen LogP contribution in [0.25, 0.3) is 10.9 Å². The number of rotatable bonds is 5. The van der Waals surface area contributed by atoms with Crippen LogP contribution in [-0.2, 0) is 14.9 Å². The average molecular weight is 336 g/mol. The van der Waals surface area contributed by atoms with Crippen LogP contribution >= 0.6 is 0 Å². The van der Waals surface area contributed by atoms with Crippen molar-refractivity contribution >= 4 is 16.8 Å². The van der Waals surface area contributed by atoms with E-state index in [9.17, 15) is 4.79 Å². The minimum atomic E-state index is -0.388. The Morgan fingerprint density at radius 1 is 1.36 bits per heavy atom. The lowest BCUT2D eigenvalue weighted by Gasteiger charge is -2.22. The number of para-hydroxylation sites is 1. The van der Waals surface area contributed by atoms with E-state index in [0.29, 0.717) is 12.5 Å². The summed E-state index contributed by atoms with van der Waals surface area (Å²) in [5, 5.41) is 4.28. The number of fused-ring (bicyclic) bond motifs is 1. The highest BCUT2D eigenvalue weighted by Gasteiger charge is 2.52. The molecular formula is C21H24N2O2. The number of hydrogen-bond acceptors (Lipinski definition) is 3. The summed E-state index contributed by atoms with van der Waals surface area (Å²) in [6, 6.07) is 10.1. The van der Waals surface area contributed by atoms with Gasteiger partial charge in [0.15, 0.2) is 0 Å². The molecular weight excluding hydrogens is 312 g/mol. The zero-order valence-electron chi connectivity index (χ0n) is 14.6. The molecule has 2 atom stereocenters. The van der Waals surface area contributed by atoms with Gasteiger partial charge < -0.3 is 10.1 Å². The lowest BCUT2D eigenvalue weighted by molar-refractivity contribution is -0.123. The third-order valence-corrected chi connectivity index (χ3v) is 5.57. The second kappa shape index (κ2) is 6.26. The molecule has 2 heterocycles. The van der Waals surface area contributed by atoms with Crippen molar-refractivity contribution in [3.05, 3.63) is 54.2 Å². The third-order valence-electron chi connectivity index (χ3n) is 5.57. The van der Waals surface area contributed by atoms with Crippen LogP contribution in [0.5, 0.6) is 0 Å². The molecule has 1 aliphatic heterocycles. The largest absolute Gasteiger partial charge is 0.374 e. The summed E-state index contributed by atoms with van der Waals surface area (Å²) >= 11 is 0. The van der Waals surface area contributed by atoms with Gasteiger partial charge in [0.25, 0.3) is 0 Å². The minimum absolute atomic E-state index is 0.0669. The average Bonchev–Trinajstić information content (AvgIpc) is 3.29. The van der Waals surface area contributed by atoms with E-state index < -0.39 is 0 Å². The molecule has 25 heavy (non-hydrogen) atoms. The van der Waals surface area contributed by atoms with Crippen LogP contribution < -0.4 is 5.32 Å². The zero-order chi connectivity index (χ0) is 17.4. The van der Waals surface area contributed by atoms with E-state index in [1.54, 1.807) is 0 Å². The quantitative estimate of drug-likeness (QED) is 0.852. The van der Waals surface area contributed by atoms with Crippen molar-refractivity contribution in [2.45, 2.75) is 37.7 Å². The molecule has 2 aliphatic rings. The lowest BCUT2D eigenvalue weighted by atomic mass is 9.91. The highest BCUT2D eigenvalue weighted by molar-refractivity contribution is 5.97. The Morgan fingerprint density at radius 3 is 2.92 bits per heavy atom. The molecule has 1 amide bonds. The molecule has 0 radical (unpaired) electrons. The topological polar surface area (TPSA) is 51.2 Å². The maximum Gasteiger partial charge on any atom is 0.230 e. The van der Waals surface area contributed by atoms with Gasteiger partial charge in [-0.15, -0.1) is 0 Å². The van der Waals surface area contributed by atoms with Crippen molar-refractivity contribution < 1.29 is 9.53 Å². The SMILES string of the molecule is C=C(C)C1OCCC1CNC(=O)C1(c2ccnc3ccccc23)CC1. The first-order chi connectivity index (χ1) is 12.1. The van der Waals surface area contributed by atoms with Crippen molar-refractivity contribution in [3.63, 3.8) is 0 Å². The van der Waals surface area contributed by atoms with Crippen LogP contribution in [-0.4, -0.2) is 30.1 Å². The highest BCUT2D eigenvalue weighted by Crippen LogP contribution is 2.50. The predicted octanol–water partition coefficient (Wildman–Crippen LogP) is 3.36. The van der Waals surface area contributed by atoms with Crippen LogP contribution in [0.3, 0.4) is 0 Å². The maximum absolute atomic E-state index is 13.0. The number of amides is 1. The van der Waals surface area contributed by atoms with Gasteiger partial charge in [0.2, 0.25) is 5.91 Å². The molecule has 1 aliphatic carbocycles. The molecule has 0 spiro atoms. The summed E-state index contributed by atoms with van der Waals surface area (Å²) < 4.78 is 5.74. The predicted molar refractivity (Wildman–Crippen MR) is 98.3 cm³/mol. The summed E-state index contributed by atoms with van der Waals surface area (Å²) in [7, 11) is 0. The number of nitrogens with zero attached hydrogens (tertiary/aromatic N) is 1. The fourth-order valence-corrected chi connectivity index (χ4v) is 4.04. The second-order valence-corrected chi connectivity index (χ2v) is 7.35. The molecule has 2 fully saturated rings. The Hall–Kier alpha value is -2.20. The Kier molecular flexibility index (Phi) is 4.08. The van der Waals surface area contributed by atoms with Gasteiger partial charge in [-0.3, -0.25) is 9.78 Å². The minimum Gasteiger partial charge on any atom is -0.374 e. The first kappa shape index (κ1) is 16.3. The second-order valence-electron chi connectivity index (χ2n) is 7.35. The Balaban J connectivity index is 1.53. The molecule has 0 bridgehead atoms. The Morgan fingerprint density at radius 2 is 2.16 bits per heavy atom. The number of aromatic nitrogens is 1. The van der Waals surface area contributed by atoms with Gasteiger partial charge in [-0.25, -0.2) is 0 Å². The molecule has 1 aromatic carbocycles. The normalized spacial score (nSPS) is 24.2. The number of pyridine rings is 1. The standard InChI is InChI=1S/C21H24N2O2/c1-14(2)19-15(8-12-25-19)13-23-20(24)21(9-10-21)17-7-11-22-18-6-4-3-5-16(17)18/h3-7,11,15,19H,1,8-10,12-13H2,2H3,(H,23,24). The van der Waals surface area contributed by atoms with Gasteiger partial charge in [0, 0.05) is 30.7 Å². The zero-order valence-corrected chi connectivity index (χ0v) is 14.6. The van der Waals surface area contributed by atoms with Gasteiger partial charge in [-0.1, -0.05) is 30.4 Å². The van der Waals surface area contributed by atoms with Gasteiger partial charge >= 0.3 is 0 Å². The molecule has 1 aromatic heterocycles. The molecule has 2 unspecified atom stereocenters. The van der Waals surface area contributed by atoms with Gasteiger partial charge in [0.1, 0.15) is 0 Å². The first-order valence-electron chi connectivity index (χ1n) is 9.01. The highest BCUT2D eigenvalue weighted by atomic mass is 16.5. The van der Waals surface area contributed by atoms with Crippen LogP contribution in [0, 0.1) is 5.92 Å². The number of ether oxygens (including phenoxy) is 1. The number of nitrogens with one attached hydrogen (secondary N) is 1. The molecule has 1 N–H and O–H groups in total. The van der Waals surface area contributed by atoms with Crippen molar-refractivity contribution in [2.24, 2.45) is 5.92 Å². The van der Waals surface area contributed by atoms with E-state index in [1.165, 1.54) is 0 Å². The Bertz CT molecular complexity index is 820. The first-order valence-corrected chi connectivity index (χ1v) is 9.01. The molecule has 4 rings (SSSR count). The summed E-state index contributed by atoms with van der Waals surface area (Å²) in [6.45, 7) is 7.41. The summed E-state index contributed by atoms with van der Waals surface area (Å²) in [6.07, 6.45) is 4.66. The maximum atomic E-state index is 13.0. The van der Waals surface area contributed by atoms with Crippen LogP contribution in [0.4, 0.5) is 0 Å². The molecule has 130 valence electrons. The van der Waals surface area contributed by atoms with Crippen molar-refractivity contribution in [3.8, 4) is 0 Å². The van der Waals surface area contributed by atoms with E-state index in [-0.39, 0.29) is 17.4 Å². The summed E-state index contributed by atoms with van der Waals surface area (Å²) in [4.78, 5) is 17.4. The lowest BCUT2D eigenvalue weighted by Crippen LogP contribution is -2.39. The van der Waals surface area contributed by atoms with Crippen LogP contribution in [0.1, 0.15) is 31.7 Å². The number of carbonyl (C=O) groups excluding carboxylic acids is 1. The van der Waals surface area contributed by atoms with Gasteiger partial charge in [-0.05, 0) is 43.9 Å². The Labute approximate surface area is 148 Å². The number of benzene rings is 1. The van der Waals surface area contributed by atoms with E-state index in [2.05, 4.69) is 22.9 Å². The molecule has 4 heteroatoms. The third kappa shape index (κ3) is 2.85. The summed E-state index contributed by atoms with van der Waals surface area (Å²) in [5.41, 5.74) is 2.71. The fraction of sp³-hybridized carbons (Fsp3) is 0.429. The van der Waals surface area contributed by atoms with Crippen molar-refractivity contribution in [1.82, 2.24) is 10.3 Å². The number of carbonyl (C=O) groups is 1. The van der Waals surface area contributed by atoms with E-state index >= 15 is 0 Å². The van der Waals surface area contributed by atoms with E-state index in [4.69, 9.17) is 4.74 Å². The van der Waals surface area contributed by atoms with Crippen molar-refractivity contribution in [1.29, 1.82) is 0 Å². The van der Waals surface area contributed by atoms with Gasteiger partial charge in [-0.2, -0.15) is 0 Å². The van der Waals surface area contributed by atoms with Crippen molar-refractivity contribution in [2.75, 3.05) is 13.2 Å².